The summed E-state index contributed by atoms with van der Waals surface area (Å²) >= 11 is 0. The minimum atomic E-state index is -0.665. The largest absolute Gasteiger partial charge is 0.347 e. The lowest BCUT2D eigenvalue weighted by Crippen LogP contribution is -2.52. The molecule has 128 valence electrons. The molecular weight excluding hydrogens is 282 g/mol. The molecule has 0 aliphatic heterocycles. The Hall–Kier alpha value is -1.43. The van der Waals surface area contributed by atoms with E-state index < -0.39 is 6.04 Å². The molecule has 0 aromatic heterocycles. The third kappa shape index (κ3) is 7.54. The second kappa shape index (κ2) is 9.56. The zero-order chi connectivity index (χ0) is 17.4. The second-order valence-electron chi connectivity index (χ2n) is 6.68. The molecule has 0 fully saturated rings. The Morgan fingerprint density at radius 2 is 1.50 bits per heavy atom. The van der Waals surface area contributed by atoms with Crippen LogP contribution in [0, 0.1) is 11.8 Å². The average Bonchev–Trinajstić information content (AvgIpc) is 2.40. The Morgan fingerprint density at radius 1 is 0.955 bits per heavy atom. The fourth-order valence-electron chi connectivity index (χ4n) is 1.91. The summed E-state index contributed by atoms with van der Waals surface area (Å²) in [7, 11) is 3.69. The second-order valence-corrected chi connectivity index (χ2v) is 6.68. The topological polar surface area (TPSA) is 78.5 Å². The molecule has 0 rings (SSSR count). The van der Waals surface area contributed by atoms with Gasteiger partial charge in [0.05, 0.1) is 12.6 Å². The van der Waals surface area contributed by atoms with Crippen LogP contribution in [0.15, 0.2) is 0 Å². The molecule has 2 atom stereocenters. The standard InChI is InChI=1S/C16H31N3O3/c1-10(2)8-13(19(6)7)16(22)18-12(5)15(21)17-9-14(20)11(3)4/h10-13H,8-9H2,1-7H3,(H,17,21)(H,18,22)/t12?,13-/m0/s1. The van der Waals surface area contributed by atoms with E-state index >= 15 is 0 Å². The van der Waals surface area contributed by atoms with E-state index in [1.807, 2.05) is 19.0 Å². The number of carbonyl (C=O) groups is 3. The van der Waals surface area contributed by atoms with Gasteiger partial charge in [-0.2, -0.15) is 0 Å². The highest BCUT2D eigenvalue weighted by atomic mass is 16.2. The molecule has 6 heteroatoms. The smallest absolute Gasteiger partial charge is 0.242 e. The maximum absolute atomic E-state index is 12.3. The van der Waals surface area contributed by atoms with Crippen molar-refractivity contribution in [1.29, 1.82) is 0 Å². The van der Waals surface area contributed by atoms with Gasteiger partial charge < -0.3 is 10.6 Å². The van der Waals surface area contributed by atoms with E-state index in [0.29, 0.717) is 5.92 Å². The number of carbonyl (C=O) groups excluding carboxylic acids is 3. The zero-order valence-electron chi connectivity index (χ0n) is 14.9. The van der Waals surface area contributed by atoms with Gasteiger partial charge in [-0.1, -0.05) is 27.7 Å². The molecule has 6 nitrogen and oxygen atoms in total. The summed E-state index contributed by atoms with van der Waals surface area (Å²) in [5, 5.41) is 5.28. The molecule has 0 radical (unpaired) electrons. The van der Waals surface area contributed by atoms with Crippen LogP contribution in [0.5, 0.6) is 0 Å². The average molecular weight is 313 g/mol. The first-order valence-corrected chi connectivity index (χ1v) is 7.83. The number of likely N-dealkylation sites (N-methyl/N-ethyl adjacent to an activating group) is 1. The summed E-state index contributed by atoms with van der Waals surface area (Å²) in [5.74, 6) is -0.279. The van der Waals surface area contributed by atoms with Crippen LogP contribution < -0.4 is 10.6 Å². The first-order chi connectivity index (χ1) is 10.1. The van der Waals surface area contributed by atoms with Crippen LogP contribution in [0.3, 0.4) is 0 Å². The van der Waals surface area contributed by atoms with E-state index in [1.165, 1.54) is 0 Å². The maximum atomic E-state index is 12.3. The lowest BCUT2D eigenvalue weighted by molar-refractivity contribution is -0.132. The van der Waals surface area contributed by atoms with Crippen LogP contribution in [0.2, 0.25) is 0 Å². The van der Waals surface area contributed by atoms with E-state index in [1.54, 1.807) is 20.8 Å². The van der Waals surface area contributed by atoms with E-state index in [2.05, 4.69) is 24.5 Å². The van der Waals surface area contributed by atoms with Gasteiger partial charge in [-0.25, -0.2) is 0 Å². The highest BCUT2D eigenvalue weighted by molar-refractivity contribution is 5.92. The van der Waals surface area contributed by atoms with Gasteiger partial charge in [0.15, 0.2) is 5.78 Å². The van der Waals surface area contributed by atoms with E-state index in [9.17, 15) is 14.4 Å². The number of hydrogen-bond acceptors (Lipinski definition) is 4. The molecule has 0 bridgehead atoms. The number of nitrogens with zero attached hydrogens (tertiary/aromatic N) is 1. The first-order valence-electron chi connectivity index (χ1n) is 7.83. The van der Waals surface area contributed by atoms with Crippen LogP contribution in [0.25, 0.3) is 0 Å². The summed E-state index contributed by atoms with van der Waals surface area (Å²) in [6.45, 7) is 9.30. The van der Waals surface area contributed by atoms with Gasteiger partial charge in [-0.3, -0.25) is 19.3 Å². The van der Waals surface area contributed by atoms with Gasteiger partial charge in [0.2, 0.25) is 11.8 Å². The molecule has 0 aliphatic carbocycles. The van der Waals surface area contributed by atoms with Crippen LogP contribution >= 0.6 is 0 Å². The normalized spacial score (nSPS) is 14.1. The number of nitrogens with one attached hydrogen (secondary N) is 2. The Morgan fingerprint density at radius 3 is 1.91 bits per heavy atom. The molecule has 0 aromatic carbocycles. The van der Waals surface area contributed by atoms with Crippen LogP contribution in [0.1, 0.15) is 41.0 Å². The Kier molecular flexibility index (Phi) is 8.94. The molecule has 2 amide bonds. The SMILES string of the molecule is CC(C)C[C@@H](C(=O)NC(C)C(=O)NCC(=O)C(C)C)N(C)C. The lowest BCUT2D eigenvalue weighted by Gasteiger charge is -2.26. The Labute approximate surface area is 134 Å². The van der Waals surface area contributed by atoms with Crippen LogP contribution in [-0.4, -0.2) is 55.2 Å². The quantitative estimate of drug-likeness (QED) is 0.660. The van der Waals surface area contributed by atoms with Crippen molar-refractivity contribution in [2.45, 2.75) is 53.1 Å². The Balaban J connectivity index is 4.48. The van der Waals surface area contributed by atoms with E-state index in [0.717, 1.165) is 6.42 Å². The third-order valence-electron chi connectivity index (χ3n) is 3.45. The monoisotopic (exact) mass is 313 g/mol. The highest BCUT2D eigenvalue weighted by Gasteiger charge is 2.25. The molecular formula is C16H31N3O3. The number of rotatable bonds is 9. The van der Waals surface area contributed by atoms with Crippen molar-refractivity contribution in [1.82, 2.24) is 15.5 Å². The predicted molar refractivity (Wildman–Crippen MR) is 87.4 cm³/mol. The van der Waals surface area contributed by atoms with Crippen LogP contribution in [0.4, 0.5) is 0 Å². The summed E-state index contributed by atoms with van der Waals surface area (Å²) < 4.78 is 0. The molecule has 0 heterocycles. The van der Waals surface area contributed by atoms with Gasteiger partial charge in [0, 0.05) is 5.92 Å². The van der Waals surface area contributed by atoms with Crippen molar-refractivity contribution in [3.05, 3.63) is 0 Å². The minimum absolute atomic E-state index is 0.000185. The number of Topliss-reactive ketones (excluding diaryl/α,β-unsaturated/α-hetero) is 1. The zero-order valence-corrected chi connectivity index (χ0v) is 14.9. The predicted octanol–water partition coefficient (Wildman–Crippen LogP) is 0.809. The fourth-order valence-corrected chi connectivity index (χ4v) is 1.91. The number of amides is 2. The molecule has 0 saturated carbocycles. The van der Waals surface area contributed by atoms with Gasteiger partial charge >= 0.3 is 0 Å². The third-order valence-corrected chi connectivity index (χ3v) is 3.45. The molecule has 0 aliphatic rings. The molecule has 0 spiro atoms. The highest BCUT2D eigenvalue weighted by Crippen LogP contribution is 2.09. The molecule has 2 N–H and O–H groups in total. The number of ketones is 1. The Bertz CT molecular complexity index is 392. The van der Waals surface area contributed by atoms with E-state index in [-0.39, 0.29) is 36.1 Å². The van der Waals surface area contributed by atoms with Gasteiger partial charge in [0.25, 0.3) is 0 Å². The summed E-state index contributed by atoms with van der Waals surface area (Å²) in [5.41, 5.74) is 0. The molecule has 1 unspecified atom stereocenters. The molecule has 0 saturated heterocycles. The van der Waals surface area contributed by atoms with Crippen molar-refractivity contribution in [2.75, 3.05) is 20.6 Å². The van der Waals surface area contributed by atoms with Crippen molar-refractivity contribution < 1.29 is 14.4 Å². The van der Waals surface area contributed by atoms with Gasteiger partial charge in [-0.05, 0) is 33.4 Å². The number of hydrogen-bond donors (Lipinski definition) is 2. The summed E-state index contributed by atoms with van der Waals surface area (Å²) in [4.78, 5) is 37.6. The van der Waals surface area contributed by atoms with Crippen LogP contribution in [-0.2, 0) is 14.4 Å². The van der Waals surface area contributed by atoms with Crippen molar-refractivity contribution >= 4 is 17.6 Å². The van der Waals surface area contributed by atoms with Crippen molar-refractivity contribution in [3.63, 3.8) is 0 Å². The minimum Gasteiger partial charge on any atom is -0.347 e. The molecule has 22 heavy (non-hydrogen) atoms. The lowest BCUT2D eigenvalue weighted by atomic mass is 10.0. The molecule has 0 aromatic rings. The fraction of sp³-hybridized carbons (Fsp3) is 0.812. The summed E-state index contributed by atoms with van der Waals surface area (Å²) in [6.07, 6.45) is 0.721. The van der Waals surface area contributed by atoms with Gasteiger partial charge in [-0.15, -0.1) is 0 Å². The first kappa shape index (κ1) is 20.6. The summed E-state index contributed by atoms with van der Waals surface area (Å²) in [6, 6.07) is -0.936. The van der Waals surface area contributed by atoms with Crippen molar-refractivity contribution in [3.8, 4) is 0 Å². The van der Waals surface area contributed by atoms with Crippen molar-refractivity contribution in [2.24, 2.45) is 11.8 Å². The van der Waals surface area contributed by atoms with Gasteiger partial charge in [0.1, 0.15) is 6.04 Å². The maximum Gasteiger partial charge on any atom is 0.242 e. The van der Waals surface area contributed by atoms with E-state index in [4.69, 9.17) is 0 Å².